The van der Waals surface area contributed by atoms with Crippen molar-refractivity contribution in [3.8, 4) is 0 Å². The Hall–Kier alpha value is -3.15. The summed E-state index contributed by atoms with van der Waals surface area (Å²) in [6.07, 6.45) is 2.79. The molecule has 3 rings (SSSR count). The minimum atomic E-state index is -0.172. The fraction of sp³-hybridized carbons (Fsp3) is 0.286. The van der Waals surface area contributed by atoms with Gasteiger partial charge in [-0.3, -0.25) is 14.0 Å². The maximum Gasteiger partial charge on any atom is 0.270 e. The second kappa shape index (κ2) is 8.03. The third kappa shape index (κ3) is 4.00. The average molecular weight is 364 g/mol. The molecule has 0 aliphatic rings. The van der Waals surface area contributed by atoms with Gasteiger partial charge in [0.2, 0.25) is 5.91 Å². The molecule has 2 heterocycles. The van der Waals surface area contributed by atoms with E-state index in [1.165, 1.54) is 0 Å². The van der Waals surface area contributed by atoms with Gasteiger partial charge < -0.3 is 10.2 Å². The van der Waals surface area contributed by atoms with Gasteiger partial charge in [0.25, 0.3) is 5.91 Å². The van der Waals surface area contributed by atoms with Crippen molar-refractivity contribution in [1.82, 2.24) is 14.7 Å². The Balaban J connectivity index is 1.55. The van der Waals surface area contributed by atoms with E-state index in [0.717, 1.165) is 16.9 Å². The molecule has 1 aromatic carbocycles. The van der Waals surface area contributed by atoms with Gasteiger partial charge in [0.1, 0.15) is 11.3 Å². The second-order valence-electron chi connectivity index (χ2n) is 6.58. The monoisotopic (exact) mass is 364 g/mol. The molecule has 0 atom stereocenters. The first-order valence-corrected chi connectivity index (χ1v) is 9.03. The van der Waals surface area contributed by atoms with Crippen LogP contribution in [0.5, 0.6) is 0 Å². The first kappa shape index (κ1) is 18.6. The molecule has 27 heavy (non-hydrogen) atoms. The predicted molar refractivity (Wildman–Crippen MR) is 106 cm³/mol. The lowest BCUT2D eigenvalue weighted by molar-refractivity contribution is -0.118. The maximum absolute atomic E-state index is 12.6. The number of hydrogen-bond donors (Lipinski definition) is 1. The Kier molecular flexibility index (Phi) is 5.54. The summed E-state index contributed by atoms with van der Waals surface area (Å²) in [4.78, 5) is 31.0. The molecule has 0 fully saturated rings. The van der Waals surface area contributed by atoms with E-state index in [-0.39, 0.29) is 11.8 Å². The molecule has 0 aliphatic carbocycles. The molecular weight excluding hydrogens is 340 g/mol. The molecular formula is C21H24N4O2. The lowest BCUT2D eigenvalue weighted by Gasteiger charge is -2.17. The number of fused-ring (bicyclic) bond motifs is 1. The fourth-order valence-electron chi connectivity index (χ4n) is 3.08. The number of aromatic nitrogens is 2. The summed E-state index contributed by atoms with van der Waals surface area (Å²) in [7, 11) is 1.76. The summed E-state index contributed by atoms with van der Waals surface area (Å²) in [5.41, 5.74) is 3.92. The maximum atomic E-state index is 12.6. The SMILES string of the molecule is Cc1nc2c(C)cccn2c1C(=O)NCCCC(=O)N(C)c1ccccc1. The van der Waals surface area contributed by atoms with Crippen LogP contribution >= 0.6 is 0 Å². The molecule has 6 heteroatoms. The van der Waals surface area contributed by atoms with Gasteiger partial charge in [-0.25, -0.2) is 4.98 Å². The van der Waals surface area contributed by atoms with Gasteiger partial charge in [0.15, 0.2) is 0 Å². The van der Waals surface area contributed by atoms with Crippen LogP contribution in [0.1, 0.15) is 34.6 Å². The summed E-state index contributed by atoms with van der Waals surface area (Å²) >= 11 is 0. The van der Waals surface area contributed by atoms with E-state index < -0.39 is 0 Å². The number of para-hydroxylation sites is 1. The van der Waals surface area contributed by atoms with Gasteiger partial charge in [-0.15, -0.1) is 0 Å². The predicted octanol–water partition coefficient (Wildman–Crippen LogP) is 3.12. The zero-order valence-corrected chi connectivity index (χ0v) is 15.9. The molecule has 0 spiro atoms. The number of nitrogens with zero attached hydrogens (tertiary/aromatic N) is 3. The number of aryl methyl sites for hydroxylation is 2. The van der Waals surface area contributed by atoms with E-state index in [1.807, 2.05) is 66.9 Å². The number of pyridine rings is 1. The summed E-state index contributed by atoms with van der Waals surface area (Å²) in [6, 6.07) is 13.4. The molecule has 140 valence electrons. The van der Waals surface area contributed by atoms with Gasteiger partial charge in [-0.05, 0) is 44.0 Å². The Morgan fingerprint density at radius 3 is 2.59 bits per heavy atom. The average Bonchev–Trinajstić information content (AvgIpc) is 3.02. The highest BCUT2D eigenvalue weighted by atomic mass is 16.2. The van der Waals surface area contributed by atoms with E-state index in [9.17, 15) is 9.59 Å². The summed E-state index contributed by atoms with van der Waals surface area (Å²) < 4.78 is 1.81. The van der Waals surface area contributed by atoms with Crippen molar-refractivity contribution in [3.63, 3.8) is 0 Å². The number of carbonyl (C=O) groups is 2. The van der Waals surface area contributed by atoms with Crippen molar-refractivity contribution >= 4 is 23.1 Å². The summed E-state index contributed by atoms with van der Waals surface area (Å²) in [6.45, 7) is 4.24. The molecule has 3 aromatic rings. The lowest BCUT2D eigenvalue weighted by atomic mass is 10.2. The Bertz CT molecular complexity index is 963. The van der Waals surface area contributed by atoms with E-state index >= 15 is 0 Å². The van der Waals surface area contributed by atoms with E-state index in [4.69, 9.17) is 0 Å². The van der Waals surface area contributed by atoms with Crippen LogP contribution in [0.2, 0.25) is 0 Å². The minimum Gasteiger partial charge on any atom is -0.351 e. The van der Waals surface area contributed by atoms with Gasteiger partial charge in [0, 0.05) is 31.9 Å². The Labute approximate surface area is 158 Å². The fourth-order valence-corrected chi connectivity index (χ4v) is 3.08. The zero-order chi connectivity index (χ0) is 19.4. The normalized spacial score (nSPS) is 10.8. The topological polar surface area (TPSA) is 66.7 Å². The highest BCUT2D eigenvalue weighted by Gasteiger charge is 2.17. The Morgan fingerprint density at radius 1 is 1.11 bits per heavy atom. The smallest absolute Gasteiger partial charge is 0.270 e. The third-order valence-corrected chi connectivity index (χ3v) is 4.61. The highest BCUT2D eigenvalue weighted by Crippen LogP contribution is 2.15. The van der Waals surface area contributed by atoms with Crippen molar-refractivity contribution in [2.45, 2.75) is 26.7 Å². The minimum absolute atomic E-state index is 0.0251. The van der Waals surface area contributed by atoms with E-state index in [2.05, 4.69) is 10.3 Å². The zero-order valence-electron chi connectivity index (χ0n) is 15.9. The van der Waals surface area contributed by atoms with E-state index in [0.29, 0.717) is 30.8 Å². The molecule has 2 aromatic heterocycles. The quantitative estimate of drug-likeness (QED) is 0.684. The van der Waals surface area contributed by atoms with Gasteiger partial charge in [-0.2, -0.15) is 0 Å². The second-order valence-corrected chi connectivity index (χ2v) is 6.58. The van der Waals surface area contributed by atoms with Gasteiger partial charge >= 0.3 is 0 Å². The molecule has 0 unspecified atom stereocenters. The number of anilines is 1. The summed E-state index contributed by atoms with van der Waals surface area (Å²) in [5.74, 6) is -0.147. The number of imidazole rings is 1. The molecule has 0 aliphatic heterocycles. The van der Waals surface area contributed by atoms with E-state index in [1.54, 1.807) is 11.9 Å². The van der Waals surface area contributed by atoms with Crippen LogP contribution in [-0.4, -0.2) is 34.8 Å². The molecule has 0 saturated heterocycles. The van der Waals surface area contributed by atoms with Crippen molar-refractivity contribution < 1.29 is 9.59 Å². The van der Waals surface area contributed by atoms with Crippen molar-refractivity contribution in [1.29, 1.82) is 0 Å². The Morgan fingerprint density at radius 2 is 1.85 bits per heavy atom. The number of carbonyl (C=O) groups excluding carboxylic acids is 2. The summed E-state index contributed by atoms with van der Waals surface area (Å²) in [5, 5.41) is 2.90. The van der Waals surface area contributed by atoms with Crippen LogP contribution in [-0.2, 0) is 4.79 Å². The molecule has 6 nitrogen and oxygen atoms in total. The van der Waals surface area contributed by atoms with Crippen LogP contribution in [0.15, 0.2) is 48.7 Å². The van der Waals surface area contributed by atoms with Crippen LogP contribution < -0.4 is 10.2 Å². The number of benzene rings is 1. The third-order valence-electron chi connectivity index (χ3n) is 4.61. The van der Waals surface area contributed by atoms with Crippen LogP contribution in [0.25, 0.3) is 5.65 Å². The molecule has 1 N–H and O–H groups in total. The highest BCUT2D eigenvalue weighted by molar-refractivity contribution is 5.95. The first-order valence-electron chi connectivity index (χ1n) is 9.03. The number of rotatable bonds is 6. The molecule has 0 radical (unpaired) electrons. The molecule has 2 amide bonds. The largest absolute Gasteiger partial charge is 0.351 e. The number of hydrogen-bond acceptors (Lipinski definition) is 3. The van der Waals surface area contributed by atoms with Crippen molar-refractivity contribution in [3.05, 3.63) is 65.6 Å². The van der Waals surface area contributed by atoms with Gasteiger partial charge in [0.05, 0.1) is 5.69 Å². The first-order chi connectivity index (χ1) is 13.0. The van der Waals surface area contributed by atoms with Crippen LogP contribution in [0.4, 0.5) is 5.69 Å². The van der Waals surface area contributed by atoms with Crippen LogP contribution in [0.3, 0.4) is 0 Å². The van der Waals surface area contributed by atoms with Crippen LogP contribution in [0, 0.1) is 13.8 Å². The molecule has 0 saturated carbocycles. The number of nitrogens with one attached hydrogen (secondary N) is 1. The molecule has 0 bridgehead atoms. The number of amides is 2. The van der Waals surface area contributed by atoms with Crippen molar-refractivity contribution in [2.75, 3.05) is 18.5 Å². The lowest BCUT2D eigenvalue weighted by Crippen LogP contribution is -2.29. The van der Waals surface area contributed by atoms with Gasteiger partial charge in [-0.1, -0.05) is 24.3 Å². The standard InChI is InChI=1S/C21H24N4O2/c1-15-9-8-14-25-19(16(2)23-20(15)25)21(27)22-13-7-12-18(26)24(3)17-10-5-4-6-11-17/h4-6,8-11,14H,7,12-13H2,1-3H3,(H,22,27). The van der Waals surface area contributed by atoms with Crippen molar-refractivity contribution in [2.24, 2.45) is 0 Å².